The van der Waals surface area contributed by atoms with Gasteiger partial charge in [0.15, 0.2) is 6.29 Å². The normalized spacial score (nSPS) is 25.2. The highest BCUT2D eigenvalue weighted by molar-refractivity contribution is 9.11. The Kier molecular flexibility index (Phi) is 2.38. The number of hydrogen-bond donors (Lipinski definition) is 0. The van der Waals surface area contributed by atoms with Gasteiger partial charge < -0.3 is 0 Å². The molecule has 2 nitrogen and oxygen atoms in total. The van der Waals surface area contributed by atoms with Gasteiger partial charge in [-0.05, 0) is 6.42 Å². The molecule has 0 amide bonds. The van der Waals surface area contributed by atoms with E-state index in [-0.39, 0.29) is 5.92 Å². The van der Waals surface area contributed by atoms with Gasteiger partial charge in [0.2, 0.25) is 0 Å². The van der Waals surface area contributed by atoms with Crippen molar-refractivity contribution in [2.45, 2.75) is 13.3 Å². The van der Waals surface area contributed by atoms with Gasteiger partial charge in [-0.15, -0.1) is 0 Å². The molecule has 1 atom stereocenters. The minimum Gasteiger partial charge on any atom is -0.297 e. The fourth-order valence-electron chi connectivity index (χ4n) is 0.868. The van der Waals surface area contributed by atoms with Gasteiger partial charge in [-0.2, -0.15) is 0 Å². The van der Waals surface area contributed by atoms with E-state index in [1.54, 1.807) is 6.20 Å². The van der Waals surface area contributed by atoms with Crippen molar-refractivity contribution in [3.05, 3.63) is 10.7 Å². The van der Waals surface area contributed by atoms with Crippen molar-refractivity contribution in [2.24, 2.45) is 10.9 Å². The highest BCUT2D eigenvalue weighted by Crippen LogP contribution is 2.21. The van der Waals surface area contributed by atoms with Gasteiger partial charge in [-0.3, -0.25) is 9.79 Å². The van der Waals surface area contributed by atoms with Crippen LogP contribution < -0.4 is 0 Å². The first-order chi connectivity index (χ1) is 4.74. The summed E-state index contributed by atoms with van der Waals surface area (Å²) in [4.78, 5) is 14.3. The van der Waals surface area contributed by atoms with Crippen molar-refractivity contribution >= 4 is 27.9 Å². The first kappa shape index (κ1) is 7.66. The van der Waals surface area contributed by atoms with E-state index in [1.807, 2.05) is 6.92 Å². The number of allylic oxidation sites excluding steroid dienone is 1. The van der Waals surface area contributed by atoms with Crippen LogP contribution in [0.1, 0.15) is 13.3 Å². The number of carbonyl (C=O) groups excluding carboxylic acids is 1. The fraction of sp³-hybridized carbons (Fsp3) is 0.429. The molecule has 0 bridgehead atoms. The number of aliphatic imine (C=N–C) groups is 1. The van der Waals surface area contributed by atoms with Crippen molar-refractivity contribution in [1.29, 1.82) is 0 Å². The number of halogens is 1. The third kappa shape index (κ3) is 1.53. The van der Waals surface area contributed by atoms with Crippen LogP contribution in [-0.4, -0.2) is 12.0 Å². The summed E-state index contributed by atoms with van der Waals surface area (Å²) in [7, 11) is 0. The summed E-state index contributed by atoms with van der Waals surface area (Å²) < 4.78 is 1.06. The summed E-state index contributed by atoms with van der Waals surface area (Å²) in [5, 5.41) is 0. The second kappa shape index (κ2) is 3.10. The molecule has 1 rings (SSSR count). The molecule has 0 aromatic rings. The van der Waals surface area contributed by atoms with Crippen LogP contribution in [0, 0.1) is 5.92 Å². The Bertz CT molecular complexity index is 208. The van der Waals surface area contributed by atoms with Gasteiger partial charge >= 0.3 is 0 Å². The molecule has 1 aliphatic heterocycles. The van der Waals surface area contributed by atoms with Crippen LogP contribution in [-0.2, 0) is 4.79 Å². The summed E-state index contributed by atoms with van der Waals surface area (Å²) in [6, 6.07) is 0. The van der Waals surface area contributed by atoms with Crippen LogP contribution >= 0.6 is 15.9 Å². The van der Waals surface area contributed by atoms with E-state index in [9.17, 15) is 4.79 Å². The van der Waals surface area contributed by atoms with E-state index in [0.29, 0.717) is 5.71 Å². The Morgan fingerprint density at radius 3 is 3.10 bits per heavy atom. The molecule has 0 spiro atoms. The molecule has 10 heavy (non-hydrogen) atoms. The molecule has 0 aliphatic carbocycles. The number of nitrogens with zero attached hydrogens (tertiary/aromatic N) is 1. The molecular formula is C7H8BrNO. The third-order valence-corrected chi connectivity index (χ3v) is 2.01. The molecule has 3 heteroatoms. The Morgan fingerprint density at radius 2 is 2.60 bits per heavy atom. The van der Waals surface area contributed by atoms with Crippen LogP contribution in [0.15, 0.2) is 15.7 Å². The molecular weight excluding hydrogens is 194 g/mol. The highest BCUT2D eigenvalue weighted by Gasteiger charge is 2.13. The molecule has 1 unspecified atom stereocenters. The van der Waals surface area contributed by atoms with E-state index in [2.05, 4.69) is 20.9 Å². The lowest BCUT2D eigenvalue weighted by Crippen LogP contribution is -2.14. The maximum absolute atomic E-state index is 10.3. The zero-order valence-electron chi connectivity index (χ0n) is 5.67. The summed E-state index contributed by atoms with van der Waals surface area (Å²) in [5.74, 6) is 0.261. The lowest BCUT2D eigenvalue weighted by atomic mass is 10.0. The minimum atomic E-state index is 0.261. The molecule has 1 aliphatic rings. The number of rotatable bonds is 1. The topological polar surface area (TPSA) is 29.4 Å². The predicted octanol–water partition coefficient (Wildman–Crippen LogP) is 1.90. The summed E-state index contributed by atoms with van der Waals surface area (Å²) in [5.41, 5.74) is 0.642. The molecule has 0 aromatic heterocycles. The minimum absolute atomic E-state index is 0.261. The van der Waals surface area contributed by atoms with E-state index >= 15 is 0 Å². The van der Waals surface area contributed by atoms with Crippen molar-refractivity contribution in [2.75, 3.05) is 0 Å². The van der Waals surface area contributed by atoms with Crippen LogP contribution in [0.25, 0.3) is 0 Å². The summed E-state index contributed by atoms with van der Waals surface area (Å²) in [6.07, 6.45) is 3.39. The quantitative estimate of drug-likeness (QED) is 0.597. The average molecular weight is 202 g/mol. The van der Waals surface area contributed by atoms with Crippen LogP contribution in [0.2, 0.25) is 0 Å². The predicted molar refractivity (Wildman–Crippen MR) is 44.3 cm³/mol. The highest BCUT2D eigenvalue weighted by atomic mass is 79.9. The maximum Gasteiger partial charge on any atom is 0.164 e. The molecule has 0 saturated heterocycles. The standard InChI is InChI=1S/C7H8BrNO/c1-5-2-6(8)3-9-7(5)4-10/h3-5H,2H2,1H3. The van der Waals surface area contributed by atoms with E-state index in [4.69, 9.17) is 0 Å². The number of aldehydes is 1. The maximum atomic E-state index is 10.3. The van der Waals surface area contributed by atoms with E-state index in [1.165, 1.54) is 0 Å². The Morgan fingerprint density at radius 1 is 1.90 bits per heavy atom. The molecule has 0 saturated carbocycles. The SMILES string of the molecule is CC1CC(Br)=CN=C1C=O. The zero-order valence-corrected chi connectivity index (χ0v) is 7.26. The fourth-order valence-corrected chi connectivity index (χ4v) is 1.46. The summed E-state index contributed by atoms with van der Waals surface area (Å²) in [6.45, 7) is 1.99. The molecule has 0 N–H and O–H groups in total. The Balaban J connectivity index is 2.81. The smallest absolute Gasteiger partial charge is 0.164 e. The Hall–Kier alpha value is -0.440. The van der Waals surface area contributed by atoms with Gasteiger partial charge in [0.1, 0.15) is 0 Å². The molecule has 0 aromatic carbocycles. The van der Waals surface area contributed by atoms with E-state index < -0.39 is 0 Å². The summed E-state index contributed by atoms with van der Waals surface area (Å²) >= 11 is 3.32. The number of carbonyl (C=O) groups is 1. The lowest BCUT2D eigenvalue weighted by Gasteiger charge is -2.12. The average Bonchev–Trinajstić information content (AvgIpc) is 1.88. The van der Waals surface area contributed by atoms with Gasteiger partial charge in [0, 0.05) is 16.6 Å². The van der Waals surface area contributed by atoms with Gasteiger partial charge in [0.25, 0.3) is 0 Å². The zero-order chi connectivity index (χ0) is 7.56. The van der Waals surface area contributed by atoms with Crippen LogP contribution in [0.5, 0.6) is 0 Å². The van der Waals surface area contributed by atoms with Crippen molar-refractivity contribution in [3.8, 4) is 0 Å². The second-order valence-electron chi connectivity index (χ2n) is 2.35. The van der Waals surface area contributed by atoms with E-state index in [0.717, 1.165) is 17.2 Å². The third-order valence-electron chi connectivity index (χ3n) is 1.48. The van der Waals surface area contributed by atoms with Crippen LogP contribution in [0.3, 0.4) is 0 Å². The van der Waals surface area contributed by atoms with Crippen LogP contribution in [0.4, 0.5) is 0 Å². The monoisotopic (exact) mass is 201 g/mol. The molecule has 0 radical (unpaired) electrons. The van der Waals surface area contributed by atoms with Crippen molar-refractivity contribution in [3.63, 3.8) is 0 Å². The first-order valence-electron chi connectivity index (χ1n) is 3.11. The van der Waals surface area contributed by atoms with Gasteiger partial charge in [-0.25, -0.2) is 0 Å². The lowest BCUT2D eigenvalue weighted by molar-refractivity contribution is -0.102. The first-order valence-corrected chi connectivity index (χ1v) is 3.90. The molecule has 54 valence electrons. The second-order valence-corrected chi connectivity index (χ2v) is 3.37. The number of hydrogen-bond acceptors (Lipinski definition) is 2. The van der Waals surface area contributed by atoms with Gasteiger partial charge in [0.05, 0.1) is 5.71 Å². The largest absolute Gasteiger partial charge is 0.297 e. The van der Waals surface area contributed by atoms with Crippen molar-refractivity contribution in [1.82, 2.24) is 0 Å². The van der Waals surface area contributed by atoms with Gasteiger partial charge in [-0.1, -0.05) is 22.9 Å². The molecule has 0 fully saturated rings. The molecule has 1 heterocycles. The van der Waals surface area contributed by atoms with Crippen molar-refractivity contribution < 1.29 is 4.79 Å². The Labute approximate surface area is 68.2 Å².